The minimum Gasteiger partial charge on any atom is -0.457 e. The van der Waals surface area contributed by atoms with Gasteiger partial charge in [-0.25, -0.2) is 4.98 Å². The highest BCUT2D eigenvalue weighted by Gasteiger charge is 2.17. The number of nitrogens with zero attached hydrogens (tertiary/aromatic N) is 1. The van der Waals surface area contributed by atoms with Crippen LogP contribution < -0.4 is 10.1 Å². The van der Waals surface area contributed by atoms with Crippen LogP contribution in [-0.2, 0) is 0 Å². The molecule has 0 aliphatic carbocycles. The summed E-state index contributed by atoms with van der Waals surface area (Å²) >= 11 is 13.1. The van der Waals surface area contributed by atoms with E-state index < -0.39 is 0 Å². The molecule has 4 aromatic carbocycles. The Kier molecular flexibility index (Phi) is 6.86. The number of hydrogen-bond acceptors (Lipinski definition) is 3. The highest BCUT2D eigenvalue weighted by Crippen LogP contribution is 2.33. The number of benzene rings is 4. The van der Waals surface area contributed by atoms with Crippen molar-refractivity contribution in [2.24, 2.45) is 0 Å². The number of nitrogens with one attached hydrogen (secondary N) is 1. The van der Waals surface area contributed by atoms with Crippen molar-refractivity contribution in [3.05, 3.63) is 117 Å². The Morgan fingerprint density at radius 2 is 1.49 bits per heavy atom. The number of anilines is 1. The highest BCUT2D eigenvalue weighted by molar-refractivity contribution is 9.11. The van der Waals surface area contributed by atoms with Crippen molar-refractivity contribution >= 4 is 66.0 Å². The van der Waals surface area contributed by atoms with Crippen LogP contribution in [0.1, 0.15) is 10.4 Å². The largest absolute Gasteiger partial charge is 0.457 e. The van der Waals surface area contributed by atoms with E-state index in [-0.39, 0.29) is 5.91 Å². The maximum atomic E-state index is 13.4. The van der Waals surface area contributed by atoms with E-state index in [1.165, 1.54) is 0 Å². The third-order valence-corrected chi connectivity index (χ3v) is 6.62. The average molecular weight is 609 g/mol. The zero-order chi connectivity index (χ0) is 24.4. The second-order valence-corrected chi connectivity index (χ2v) is 9.95. The van der Waals surface area contributed by atoms with Gasteiger partial charge in [-0.1, -0.05) is 57.9 Å². The molecule has 35 heavy (non-hydrogen) atoms. The number of amides is 1. The van der Waals surface area contributed by atoms with E-state index in [0.29, 0.717) is 33.3 Å². The van der Waals surface area contributed by atoms with Crippen LogP contribution in [0.5, 0.6) is 11.5 Å². The summed E-state index contributed by atoms with van der Waals surface area (Å²) in [4.78, 5) is 18.2. The molecule has 0 atom stereocenters. The van der Waals surface area contributed by atoms with E-state index in [4.69, 9.17) is 21.3 Å². The molecule has 0 spiro atoms. The zero-order valence-corrected chi connectivity index (χ0v) is 22.1. The fourth-order valence-corrected chi connectivity index (χ4v) is 5.08. The summed E-state index contributed by atoms with van der Waals surface area (Å²) < 4.78 is 7.49. The van der Waals surface area contributed by atoms with Crippen molar-refractivity contribution in [2.75, 3.05) is 5.32 Å². The lowest BCUT2D eigenvalue weighted by Crippen LogP contribution is -2.13. The van der Waals surface area contributed by atoms with Crippen LogP contribution in [0.15, 0.2) is 106 Å². The Morgan fingerprint density at radius 1 is 0.829 bits per heavy atom. The summed E-state index contributed by atoms with van der Waals surface area (Å²) in [5.41, 5.74) is 3.54. The Balaban J connectivity index is 1.45. The van der Waals surface area contributed by atoms with Gasteiger partial charge in [0.1, 0.15) is 11.5 Å². The second kappa shape index (κ2) is 10.2. The minimum atomic E-state index is -0.231. The summed E-state index contributed by atoms with van der Waals surface area (Å²) in [6.07, 6.45) is 0. The normalized spacial score (nSPS) is 10.8. The van der Waals surface area contributed by atoms with Gasteiger partial charge < -0.3 is 10.1 Å². The summed E-state index contributed by atoms with van der Waals surface area (Å²) in [6.45, 7) is 0. The van der Waals surface area contributed by atoms with E-state index in [1.807, 2.05) is 48.5 Å². The van der Waals surface area contributed by atoms with Crippen molar-refractivity contribution < 1.29 is 9.53 Å². The van der Waals surface area contributed by atoms with Crippen molar-refractivity contribution in [1.29, 1.82) is 0 Å². The van der Waals surface area contributed by atoms with Crippen molar-refractivity contribution in [1.82, 2.24) is 4.98 Å². The van der Waals surface area contributed by atoms with Crippen LogP contribution in [-0.4, -0.2) is 10.9 Å². The van der Waals surface area contributed by atoms with E-state index in [1.54, 1.807) is 48.5 Å². The standard InChI is InChI=1S/C28H17Br2ClN2O2/c29-18-14-23-24(16-26(17-4-2-1-3-5-17)33-27(23)25(30)15-18)28(34)32-20-8-12-22(13-9-20)35-21-10-6-19(31)7-11-21/h1-16H,(H,32,34). The minimum absolute atomic E-state index is 0.231. The number of carbonyl (C=O) groups is 1. The summed E-state index contributed by atoms with van der Waals surface area (Å²) in [6, 6.07) is 29.8. The maximum Gasteiger partial charge on any atom is 0.256 e. The first-order valence-corrected chi connectivity index (χ1v) is 12.6. The first kappa shape index (κ1) is 23.5. The number of hydrogen-bond donors (Lipinski definition) is 1. The van der Waals surface area contributed by atoms with Gasteiger partial charge in [-0.3, -0.25) is 4.79 Å². The third-order valence-electron chi connectivity index (χ3n) is 5.31. The Hall–Kier alpha value is -3.19. The molecule has 0 saturated carbocycles. The molecule has 7 heteroatoms. The topological polar surface area (TPSA) is 51.2 Å². The SMILES string of the molecule is O=C(Nc1ccc(Oc2ccc(Cl)cc2)cc1)c1cc(-c2ccccc2)nc2c(Br)cc(Br)cc12. The van der Waals surface area contributed by atoms with Crippen molar-refractivity contribution in [2.45, 2.75) is 0 Å². The van der Waals surface area contributed by atoms with Crippen LogP contribution in [0, 0.1) is 0 Å². The predicted octanol–water partition coefficient (Wildman–Crippen LogP) is 9.12. The molecule has 5 rings (SSSR count). The van der Waals surface area contributed by atoms with Gasteiger partial charge in [-0.05, 0) is 82.7 Å². The first-order valence-electron chi connectivity index (χ1n) is 10.7. The van der Waals surface area contributed by atoms with Gasteiger partial charge in [0, 0.05) is 30.6 Å². The molecule has 0 fully saturated rings. The van der Waals surface area contributed by atoms with Gasteiger partial charge in [0.25, 0.3) is 5.91 Å². The monoisotopic (exact) mass is 606 g/mol. The van der Waals surface area contributed by atoms with Gasteiger partial charge >= 0.3 is 0 Å². The molecule has 1 heterocycles. The van der Waals surface area contributed by atoms with Gasteiger partial charge in [0.05, 0.1) is 16.8 Å². The Bertz CT molecular complexity index is 1520. The van der Waals surface area contributed by atoms with E-state index >= 15 is 0 Å². The lowest BCUT2D eigenvalue weighted by atomic mass is 10.0. The lowest BCUT2D eigenvalue weighted by molar-refractivity contribution is 0.102. The fourth-order valence-electron chi connectivity index (χ4n) is 3.64. The average Bonchev–Trinajstić information content (AvgIpc) is 2.86. The van der Waals surface area contributed by atoms with Crippen LogP contribution in [0.4, 0.5) is 5.69 Å². The molecule has 0 aliphatic rings. The predicted molar refractivity (Wildman–Crippen MR) is 149 cm³/mol. The van der Waals surface area contributed by atoms with Crippen LogP contribution in [0.3, 0.4) is 0 Å². The van der Waals surface area contributed by atoms with Gasteiger partial charge in [0.2, 0.25) is 0 Å². The summed E-state index contributed by atoms with van der Waals surface area (Å²) in [7, 11) is 0. The number of halogens is 3. The number of pyridine rings is 1. The van der Waals surface area contributed by atoms with Gasteiger partial charge in [0.15, 0.2) is 0 Å². The molecule has 0 unspecified atom stereocenters. The third kappa shape index (κ3) is 5.40. The number of rotatable bonds is 5. The fraction of sp³-hybridized carbons (Fsp3) is 0. The molecule has 4 nitrogen and oxygen atoms in total. The van der Waals surface area contributed by atoms with Crippen LogP contribution in [0.25, 0.3) is 22.2 Å². The second-order valence-electron chi connectivity index (χ2n) is 7.74. The van der Waals surface area contributed by atoms with Crippen molar-refractivity contribution in [3.8, 4) is 22.8 Å². The molecule has 5 aromatic rings. The molecule has 1 amide bonds. The van der Waals surface area contributed by atoms with Crippen molar-refractivity contribution in [3.63, 3.8) is 0 Å². The molecule has 0 saturated heterocycles. The van der Waals surface area contributed by atoms with Gasteiger partial charge in [-0.15, -0.1) is 0 Å². The smallest absolute Gasteiger partial charge is 0.256 e. The molecule has 0 radical (unpaired) electrons. The molecular formula is C28H17Br2ClN2O2. The lowest BCUT2D eigenvalue weighted by Gasteiger charge is -2.13. The molecular weight excluding hydrogens is 592 g/mol. The maximum absolute atomic E-state index is 13.4. The number of fused-ring (bicyclic) bond motifs is 1. The Labute approximate surface area is 224 Å². The molecule has 1 N–H and O–H groups in total. The molecule has 0 aliphatic heterocycles. The van der Waals surface area contributed by atoms with E-state index in [9.17, 15) is 4.79 Å². The highest BCUT2D eigenvalue weighted by atomic mass is 79.9. The Morgan fingerprint density at radius 3 is 2.17 bits per heavy atom. The van der Waals surface area contributed by atoms with Crippen LogP contribution in [0.2, 0.25) is 5.02 Å². The van der Waals surface area contributed by atoms with E-state index in [0.717, 1.165) is 25.6 Å². The molecule has 172 valence electrons. The molecule has 0 bridgehead atoms. The summed E-state index contributed by atoms with van der Waals surface area (Å²) in [5, 5.41) is 4.38. The zero-order valence-electron chi connectivity index (χ0n) is 18.1. The van der Waals surface area contributed by atoms with Gasteiger partial charge in [-0.2, -0.15) is 0 Å². The number of ether oxygens (including phenoxy) is 1. The summed E-state index contributed by atoms with van der Waals surface area (Å²) in [5.74, 6) is 1.10. The quantitative estimate of drug-likeness (QED) is 0.217. The van der Waals surface area contributed by atoms with Crippen LogP contribution >= 0.6 is 43.5 Å². The van der Waals surface area contributed by atoms with E-state index in [2.05, 4.69) is 37.2 Å². The first-order chi connectivity index (χ1) is 17.0. The number of carbonyl (C=O) groups excluding carboxylic acids is 1. The number of aromatic nitrogens is 1. The molecule has 1 aromatic heterocycles.